The number of H-pyrrole nitrogens is 1. The van der Waals surface area contributed by atoms with Crippen LogP contribution < -0.4 is 4.90 Å². The Bertz CT molecular complexity index is 381. The van der Waals surface area contributed by atoms with Crippen molar-refractivity contribution in [1.29, 1.82) is 0 Å². The lowest BCUT2D eigenvalue weighted by Gasteiger charge is -2.15. The van der Waals surface area contributed by atoms with Crippen LogP contribution in [0.1, 0.15) is 20.3 Å². The van der Waals surface area contributed by atoms with E-state index in [1.807, 2.05) is 0 Å². The number of imide groups is 1. The summed E-state index contributed by atoms with van der Waals surface area (Å²) in [6.07, 6.45) is 3.27. The lowest BCUT2D eigenvalue weighted by atomic mass is 9.92. The van der Waals surface area contributed by atoms with Gasteiger partial charge < -0.3 is 0 Å². The maximum atomic E-state index is 11.8. The molecule has 0 radical (unpaired) electrons. The number of carbonyl (C=O) groups excluding carboxylic acids is 2. The van der Waals surface area contributed by atoms with E-state index in [9.17, 15) is 9.59 Å². The summed E-state index contributed by atoms with van der Waals surface area (Å²) in [6, 6.07) is 0. The summed E-state index contributed by atoms with van der Waals surface area (Å²) in [5, 5.41) is 6.29. The minimum Gasteiger partial charge on any atom is -0.284 e. The van der Waals surface area contributed by atoms with Crippen LogP contribution in [0.4, 0.5) is 5.69 Å². The molecule has 1 N–H and O–H groups in total. The molecule has 0 aliphatic carbocycles. The number of aromatic amines is 1. The van der Waals surface area contributed by atoms with Crippen molar-refractivity contribution in [3.05, 3.63) is 12.4 Å². The molecule has 2 heterocycles. The predicted octanol–water partition coefficient (Wildman–Crippen LogP) is 0.699. The third kappa shape index (κ3) is 1.13. The van der Waals surface area contributed by atoms with Gasteiger partial charge in [0.05, 0.1) is 17.3 Å². The first-order valence-electron chi connectivity index (χ1n) is 4.38. The van der Waals surface area contributed by atoms with Crippen molar-refractivity contribution in [3.8, 4) is 0 Å². The van der Waals surface area contributed by atoms with E-state index in [0.717, 1.165) is 0 Å². The van der Waals surface area contributed by atoms with Gasteiger partial charge in [0.1, 0.15) is 0 Å². The van der Waals surface area contributed by atoms with E-state index in [4.69, 9.17) is 0 Å². The third-order valence-corrected chi connectivity index (χ3v) is 2.37. The number of rotatable bonds is 1. The van der Waals surface area contributed by atoms with Crippen molar-refractivity contribution in [1.82, 2.24) is 10.2 Å². The van der Waals surface area contributed by atoms with Gasteiger partial charge in [-0.05, 0) is 0 Å². The van der Waals surface area contributed by atoms with E-state index in [1.54, 1.807) is 13.8 Å². The van der Waals surface area contributed by atoms with Gasteiger partial charge in [0.15, 0.2) is 0 Å². The number of aromatic nitrogens is 2. The Morgan fingerprint density at radius 3 is 2.64 bits per heavy atom. The molecule has 0 bridgehead atoms. The molecule has 74 valence electrons. The average molecular weight is 193 g/mol. The van der Waals surface area contributed by atoms with Crippen LogP contribution >= 0.6 is 0 Å². The number of hydrogen-bond acceptors (Lipinski definition) is 3. The average Bonchev–Trinajstić information content (AvgIpc) is 2.61. The normalized spacial score (nSPS) is 20.6. The third-order valence-electron chi connectivity index (χ3n) is 2.37. The van der Waals surface area contributed by atoms with E-state index < -0.39 is 5.41 Å². The number of nitrogens with zero attached hydrogens (tertiary/aromatic N) is 2. The molecule has 1 saturated heterocycles. The molecule has 2 rings (SSSR count). The van der Waals surface area contributed by atoms with Gasteiger partial charge in [0, 0.05) is 12.6 Å². The van der Waals surface area contributed by atoms with Crippen molar-refractivity contribution in [2.45, 2.75) is 20.3 Å². The minimum absolute atomic E-state index is 0.163. The fraction of sp³-hybridized carbons (Fsp3) is 0.444. The Morgan fingerprint density at radius 1 is 1.50 bits per heavy atom. The number of amides is 2. The van der Waals surface area contributed by atoms with Crippen LogP contribution in [-0.2, 0) is 9.59 Å². The van der Waals surface area contributed by atoms with Crippen LogP contribution in [0.5, 0.6) is 0 Å². The molecule has 1 aliphatic heterocycles. The fourth-order valence-electron chi connectivity index (χ4n) is 1.58. The van der Waals surface area contributed by atoms with Gasteiger partial charge in [-0.1, -0.05) is 13.8 Å². The van der Waals surface area contributed by atoms with Crippen molar-refractivity contribution >= 4 is 17.5 Å². The van der Waals surface area contributed by atoms with E-state index in [0.29, 0.717) is 5.69 Å². The Kier molecular flexibility index (Phi) is 1.70. The fourth-order valence-corrected chi connectivity index (χ4v) is 1.58. The molecule has 1 aromatic rings. The Hall–Kier alpha value is -1.65. The molecular weight excluding hydrogens is 182 g/mol. The molecule has 0 unspecified atom stereocenters. The number of carbonyl (C=O) groups is 2. The molecule has 0 saturated carbocycles. The van der Waals surface area contributed by atoms with Gasteiger partial charge in [-0.15, -0.1) is 0 Å². The Labute approximate surface area is 81.1 Å². The molecule has 1 aromatic heterocycles. The highest BCUT2D eigenvalue weighted by Crippen LogP contribution is 2.34. The largest absolute Gasteiger partial charge is 0.284 e. The van der Waals surface area contributed by atoms with E-state index in [2.05, 4.69) is 10.2 Å². The molecule has 1 aliphatic rings. The molecule has 0 spiro atoms. The summed E-state index contributed by atoms with van der Waals surface area (Å²) < 4.78 is 0. The second kappa shape index (κ2) is 2.67. The highest BCUT2D eigenvalue weighted by molar-refractivity contribution is 6.22. The van der Waals surface area contributed by atoms with E-state index in [-0.39, 0.29) is 18.2 Å². The second-order valence-corrected chi connectivity index (χ2v) is 4.05. The van der Waals surface area contributed by atoms with Crippen LogP contribution in [0.2, 0.25) is 0 Å². The first-order valence-corrected chi connectivity index (χ1v) is 4.38. The van der Waals surface area contributed by atoms with Crippen molar-refractivity contribution in [2.75, 3.05) is 4.90 Å². The predicted molar refractivity (Wildman–Crippen MR) is 49.5 cm³/mol. The van der Waals surface area contributed by atoms with Gasteiger partial charge in [0.25, 0.3) is 0 Å². The van der Waals surface area contributed by atoms with E-state index >= 15 is 0 Å². The zero-order valence-corrected chi connectivity index (χ0v) is 8.07. The molecule has 1 fully saturated rings. The quantitative estimate of drug-likeness (QED) is 0.667. The molecule has 5 nitrogen and oxygen atoms in total. The Balaban J connectivity index is 2.39. The molecule has 14 heavy (non-hydrogen) atoms. The first-order chi connectivity index (χ1) is 6.52. The van der Waals surface area contributed by atoms with Crippen LogP contribution in [0.25, 0.3) is 0 Å². The van der Waals surface area contributed by atoms with Crippen molar-refractivity contribution < 1.29 is 9.59 Å². The monoisotopic (exact) mass is 193 g/mol. The number of nitrogens with one attached hydrogen (secondary N) is 1. The maximum absolute atomic E-state index is 11.8. The summed E-state index contributed by atoms with van der Waals surface area (Å²) in [7, 11) is 0. The van der Waals surface area contributed by atoms with Gasteiger partial charge in [-0.25, -0.2) is 4.90 Å². The zero-order chi connectivity index (χ0) is 10.3. The molecule has 0 aromatic carbocycles. The molecular formula is C9H11N3O2. The lowest BCUT2D eigenvalue weighted by Crippen LogP contribution is -2.32. The van der Waals surface area contributed by atoms with Crippen LogP contribution in [0, 0.1) is 5.41 Å². The van der Waals surface area contributed by atoms with Gasteiger partial charge in [-0.2, -0.15) is 5.10 Å². The van der Waals surface area contributed by atoms with Crippen molar-refractivity contribution in [3.63, 3.8) is 0 Å². The van der Waals surface area contributed by atoms with Crippen LogP contribution in [-0.4, -0.2) is 22.0 Å². The summed E-state index contributed by atoms with van der Waals surface area (Å²) in [4.78, 5) is 24.5. The summed E-state index contributed by atoms with van der Waals surface area (Å²) in [5.41, 5.74) is -0.0699. The standard InChI is InChI=1S/C9H11N3O2/c1-9(2)3-7(13)12(8(9)14)6-4-10-11-5-6/h4-5H,3H2,1-2H3,(H,10,11). The van der Waals surface area contributed by atoms with Gasteiger partial charge >= 0.3 is 0 Å². The molecule has 2 amide bonds. The highest BCUT2D eigenvalue weighted by atomic mass is 16.2. The van der Waals surface area contributed by atoms with Crippen LogP contribution in [0.3, 0.4) is 0 Å². The SMILES string of the molecule is CC1(C)CC(=O)N(c2cn[nH]c2)C1=O. The number of hydrogen-bond donors (Lipinski definition) is 1. The zero-order valence-electron chi connectivity index (χ0n) is 8.07. The minimum atomic E-state index is -0.589. The first kappa shape index (κ1) is 8.93. The summed E-state index contributed by atoms with van der Waals surface area (Å²) in [5.74, 6) is -0.328. The van der Waals surface area contributed by atoms with E-state index in [1.165, 1.54) is 17.3 Å². The second-order valence-electron chi connectivity index (χ2n) is 4.05. The van der Waals surface area contributed by atoms with Gasteiger partial charge in [-0.3, -0.25) is 14.7 Å². The summed E-state index contributed by atoms with van der Waals surface area (Å²) >= 11 is 0. The van der Waals surface area contributed by atoms with Crippen LogP contribution in [0.15, 0.2) is 12.4 Å². The smallest absolute Gasteiger partial charge is 0.240 e. The maximum Gasteiger partial charge on any atom is 0.240 e. The lowest BCUT2D eigenvalue weighted by molar-refractivity contribution is -0.124. The topological polar surface area (TPSA) is 66.1 Å². The molecule has 0 atom stereocenters. The Morgan fingerprint density at radius 2 is 2.21 bits per heavy atom. The summed E-state index contributed by atoms with van der Waals surface area (Å²) in [6.45, 7) is 3.54. The highest BCUT2D eigenvalue weighted by Gasteiger charge is 2.45. The number of anilines is 1. The van der Waals surface area contributed by atoms with Gasteiger partial charge in [0.2, 0.25) is 11.8 Å². The van der Waals surface area contributed by atoms with Crippen molar-refractivity contribution in [2.24, 2.45) is 5.41 Å². The molecule has 5 heteroatoms.